The molecule has 1 aromatic rings. The molecule has 0 fully saturated rings. The minimum atomic E-state index is -0.180. The SMILES string of the molecule is COc1cc2c(cc1OC)C(=O)C(CC#N)CC2. The summed E-state index contributed by atoms with van der Waals surface area (Å²) in [4.78, 5) is 12.2. The molecule has 1 aromatic carbocycles. The first-order valence-corrected chi connectivity index (χ1v) is 5.87. The second-order valence-electron chi connectivity index (χ2n) is 4.33. The zero-order chi connectivity index (χ0) is 13.1. The van der Waals surface area contributed by atoms with Gasteiger partial charge in [0.1, 0.15) is 0 Å². The van der Waals surface area contributed by atoms with Crippen LogP contribution in [0.25, 0.3) is 0 Å². The van der Waals surface area contributed by atoms with E-state index in [1.54, 1.807) is 20.3 Å². The van der Waals surface area contributed by atoms with E-state index in [2.05, 4.69) is 6.07 Å². The molecule has 0 saturated heterocycles. The van der Waals surface area contributed by atoms with E-state index in [4.69, 9.17) is 14.7 Å². The number of carbonyl (C=O) groups is 1. The molecular formula is C14H15NO3. The molecule has 1 atom stereocenters. The highest BCUT2D eigenvalue weighted by Crippen LogP contribution is 2.36. The fourth-order valence-corrected chi connectivity index (χ4v) is 2.34. The van der Waals surface area contributed by atoms with Crippen LogP contribution in [-0.4, -0.2) is 20.0 Å². The van der Waals surface area contributed by atoms with Crippen LogP contribution in [0.2, 0.25) is 0 Å². The van der Waals surface area contributed by atoms with Crippen molar-refractivity contribution in [2.24, 2.45) is 5.92 Å². The van der Waals surface area contributed by atoms with Gasteiger partial charge in [0.2, 0.25) is 0 Å². The number of Topliss-reactive ketones (excluding diaryl/α,β-unsaturated/α-hetero) is 1. The number of ketones is 1. The number of hydrogen-bond acceptors (Lipinski definition) is 4. The summed E-state index contributed by atoms with van der Waals surface area (Å²) in [6.07, 6.45) is 1.81. The van der Waals surface area contributed by atoms with Gasteiger partial charge in [0.15, 0.2) is 17.3 Å². The number of carbonyl (C=O) groups excluding carboxylic acids is 1. The molecule has 18 heavy (non-hydrogen) atoms. The van der Waals surface area contributed by atoms with Crippen LogP contribution in [0.4, 0.5) is 0 Å². The zero-order valence-corrected chi connectivity index (χ0v) is 10.5. The quantitative estimate of drug-likeness (QED) is 0.820. The molecule has 0 amide bonds. The highest BCUT2D eigenvalue weighted by molar-refractivity contribution is 6.01. The summed E-state index contributed by atoms with van der Waals surface area (Å²) in [5, 5.41) is 8.72. The fourth-order valence-electron chi connectivity index (χ4n) is 2.34. The first-order chi connectivity index (χ1) is 8.71. The summed E-state index contributed by atoms with van der Waals surface area (Å²) in [6.45, 7) is 0. The fraction of sp³-hybridized carbons (Fsp3) is 0.429. The molecule has 2 rings (SSSR count). The van der Waals surface area contributed by atoms with Gasteiger partial charge < -0.3 is 9.47 Å². The lowest BCUT2D eigenvalue weighted by molar-refractivity contribution is 0.0904. The average Bonchev–Trinajstić information content (AvgIpc) is 2.41. The predicted molar refractivity (Wildman–Crippen MR) is 65.9 cm³/mol. The minimum absolute atomic E-state index is 0.0405. The lowest BCUT2D eigenvalue weighted by Gasteiger charge is -2.23. The van der Waals surface area contributed by atoms with Crippen LogP contribution in [0, 0.1) is 17.2 Å². The molecule has 1 unspecified atom stereocenters. The third-order valence-corrected chi connectivity index (χ3v) is 3.35. The molecule has 0 N–H and O–H groups in total. The summed E-state index contributed by atoms with van der Waals surface area (Å²) in [5.74, 6) is 1.06. The van der Waals surface area contributed by atoms with Crippen molar-refractivity contribution in [3.05, 3.63) is 23.3 Å². The van der Waals surface area contributed by atoms with Crippen LogP contribution in [0.3, 0.4) is 0 Å². The maximum atomic E-state index is 12.2. The Kier molecular flexibility index (Phi) is 3.52. The van der Waals surface area contributed by atoms with Crippen molar-refractivity contribution in [2.45, 2.75) is 19.3 Å². The van der Waals surface area contributed by atoms with E-state index in [1.165, 1.54) is 0 Å². The lowest BCUT2D eigenvalue weighted by atomic mass is 9.81. The van der Waals surface area contributed by atoms with Gasteiger partial charge in [-0.3, -0.25) is 4.79 Å². The number of methoxy groups -OCH3 is 2. The Labute approximate surface area is 106 Å². The van der Waals surface area contributed by atoms with E-state index >= 15 is 0 Å². The van der Waals surface area contributed by atoms with E-state index in [0.29, 0.717) is 17.1 Å². The average molecular weight is 245 g/mol. The van der Waals surface area contributed by atoms with Crippen molar-refractivity contribution >= 4 is 5.78 Å². The molecule has 0 heterocycles. The van der Waals surface area contributed by atoms with E-state index in [1.807, 2.05) is 6.07 Å². The first-order valence-electron chi connectivity index (χ1n) is 5.87. The van der Waals surface area contributed by atoms with Gasteiger partial charge in [-0.05, 0) is 30.5 Å². The normalized spacial score (nSPS) is 17.8. The molecule has 4 nitrogen and oxygen atoms in total. The van der Waals surface area contributed by atoms with E-state index in [0.717, 1.165) is 18.4 Å². The topological polar surface area (TPSA) is 59.3 Å². The van der Waals surface area contributed by atoms with Crippen molar-refractivity contribution < 1.29 is 14.3 Å². The lowest BCUT2D eigenvalue weighted by Crippen LogP contribution is -2.22. The second kappa shape index (κ2) is 5.09. The summed E-state index contributed by atoms with van der Waals surface area (Å²) in [7, 11) is 3.12. The largest absolute Gasteiger partial charge is 0.493 e. The maximum absolute atomic E-state index is 12.2. The molecule has 1 aliphatic carbocycles. The minimum Gasteiger partial charge on any atom is -0.493 e. The Bertz CT molecular complexity index is 517. The molecule has 94 valence electrons. The number of aryl methyl sites for hydroxylation is 1. The van der Waals surface area contributed by atoms with Gasteiger partial charge >= 0.3 is 0 Å². The standard InChI is InChI=1S/C14H15NO3/c1-17-12-7-10-4-3-9(5-6-15)14(16)11(10)8-13(12)18-2/h7-9H,3-5H2,1-2H3. The number of fused-ring (bicyclic) bond motifs is 1. The van der Waals surface area contributed by atoms with Crippen molar-refractivity contribution in [3.63, 3.8) is 0 Å². The number of nitriles is 1. The highest BCUT2D eigenvalue weighted by Gasteiger charge is 2.28. The van der Waals surface area contributed by atoms with Gasteiger partial charge in [-0.2, -0.15) is 5.26 Å². The molecule has 0 radical (unpaired) electrons. The van der Waals surface area contributed by atoms with Crippen molar-refractivity contribution in [3.8, 4) is 17.6 Å². The molecule has 1 aliphatic rings. The molecule has 0 aromatic heterocycles. The summed E-state index contributed by atoms with van der Waals surface area (Å²) >= 11 is 0. The molecular weight excluding hydrogens is 230 g/mol. The van der Waals surface area contributed by atoms with Gasteiger partial charge in [0, 0.05) is 17.9 Å². The third-order valence-electron chi connectivity index (χ3n) is 3.35. The second-order valence-corrected chi connectivity index (χ2v) is 4.33. The Hall–Kier alpha value is -2.02. The van der Waals surface area contributed by atoms with Gasteiger partial charge in [-0.25, -0.2) is 0 Å². The van der Waals surface area contributed by atoms with Crippen LogP contribution >= 0.6 is 0 Å². The Morgan fingerprint density at radius 1 is 1.33 bits per heavy atom. The molecule has 0 spiro atoms. The number of nitrogens with zero attached hydrogens (tertiary/aromatic N) is 1. The van der Waals surface area contributed by atoms with E-state index < -0.39 is 0 Å². The zero-order valence-electron chi connectivity index (χ0n) is 10.5. The monoisotopic (exact) mass is 245 g/mol. The summed E-state index contributed by atoms with van der Waals surface area (Å²) < 4.78 is 10.4. The molecule has 0 saturated carbocycles. The smallest absolute Gasteiger partial charge is 0.167 e. The highest BCUT2D eigenvalue weighted by atomic mass is 16.5. The van der Waals surface area contributed by atoms with Crippen LogP contribution in [0.15, 0.2) is 12.1 Å². The number of benzene rings is 1. The van der Waals surface area contributed by atoms with Gasteiger partial charge in [0.05, 0.1) is 20.3 Å². The van der Waals surface area contributed by atoms with Gasteiger partial charge in [-0.15, -0.1) is 0 Å². The number of hydrogen-bond donors (Lipinski definition) is 0. The maximum Gasteiger partial charge on any atom is 0.167 e. The predicted octanol–water partition coefficient (Wildman–Crippen LogP) is 2.36. The summed E-state index contributed by atoms with van der Waals surface area (Å²) in [5.41, 5.74) is 1.64. The summed E-state index contributed by atoms with van der Waals surface area (Å²) in [6, 6.07) is 5.65. The molecule has 4 heteroatoms. The molecule has 0 bridgehead atoms. The number of rotatable bonds is 3. The molecule has 0 aliphatic heterocycles. The van der Waals surface area contributed by atoms with Crippen molar-refractivity contribution in [1.82, 2.24) is 0 Å². The van der Waals surface area contributed by atoms with Crippen LogP contribution in [0.1, 0.15) is 28.8 Å². The van der Waals surface area contributed by atoms with Gasteiger partial charge in [0.25, 0.3) is 0 Å². The van der Waals surface area contributed by atoms with Gasteiger partial charge in [-0.1, -0.05) is 0 Å². The third kappa shape index (κ3) is 2.04. The Balaban J connectivity index is 2.43. The van der Waals surface area contributed by atoms with Crippen LogP contribution < -0.4 is 9.47 Å². The van der Waals surface area contributed by atoms with E-state index in [-0.39, 0.29) is 18.1 Å². The number of ether oxygens (including phenoxy) is 2. The van der Waals surface area contributed by atoms with Crippen molar-refractivity contribution in [1.29, 1.82) is 5.26 Å². The Morgan fingerprint density at radius 3 is 2.61 bits per heavy atom. The van der Waals surface area contributed by atoms with Crippen LogP contribution in [-0.2, 0) is 6.42 Å². The van der Waals surface area contributed by atoms with E-state index in [9.17, 15) is 4.79 Å². The van der Waals surface area contributed by atoms with Crippen LogP contribution in [0.5, 0.6) is 11.5 Å². The first kappa shape index (κ1) is 12.4. The van der Waals surface area contributed by atoms with Crippen molar-refractivity contribution in [2.75, 3.05) is 14.2 Å². The Morgan fingerprint density at radius 2 is 2.00 bits per heavy atom.